The van der Waals surface area contributed by atoms with Crippen LogP contribution in [0.5, 0.6) is 0 Å². The molecule has 154 valence electrons. The van der Waals surface area contributed by atoms with Crippen LogP contribution in [-0.2, 0) is 16.3 Å². The molecule has 28 heavy (non-hydrogen) atoms. The number of aromatic nitrogens is 1. The van der Waals surface area contributed by atoms with Gasteiger partial charge in [-0.3, -0.25) is 0 Å². The number of aliphatic hydroxyl groups is 1. The molecule has 0 fully saturated rings. The van der Waals surface area contributed by atoms with E-state index in [4.69, 9.17) is 0 Å². The van der Waals surface area contributed by atoms with Crippen molar-refractivity contribution in [3.8, 4) is 5.69 Å². The first-order chi connectivity index (χ1) is 12.9. The predicted octanol–water partition coefficient (Wildman–Crippen LogP) is 4.17. The van der Waals surface area contributed by atoms with Gasteiger partial charge in [0.2, 0.25) is 9.84 Å². The fraction of sp³-hybridized carbons (Fsp3) is 0.375. The molecule has 0 aliphatic heterocycles. The van der Waals surface area contributed by atoms with Crippen LogP contribution in [0.25, 0.3) is 5.69 Å². The monoisotopic (exact) mass is 431 g/mol. The van der Waals surface area contributed by atoms with E-state index in [1.165, 1.54) is 0 Å². The summed E-state index contributed by atoms with van der Waals surface area (Å²) in [6.07, 6.45) is -6.82. The quantitative estimate of drug-likeness (QED) is 0.740. The van der Waals surface area contributed by atoms with E-state index in [0.29, 0.717) is 18.3 Å². The van der Waals surface area contributed by atoms with Crippen LogP contribution >= 0.6 is 0 Å². The lowest BCUT2D eigenvalue weighted by atomic mass is 9.91. The SMILES string of the molecule is O=S(=O)(c1cn(-c2ccc(F)c(C(F)F)c2)c2c1[C@H](O)C(F)(F)CC2)C(F)F. The van der Waals surface area contributed by atoms with Crippen LogP contribution in [0.15, 0.2) is 29.3 Å². The third-order valence-electron chi connectivity index (χ3n) is 4.52. The molecule has 3 rings (SSSR count). The van der Waals surface area contributed by atoms with Gasteiger partial charge in [-0.1, -0.05) is 0 Å². The number of benzene rings is 1. The van der Waals surface area contributed by atoms with Crippen molar-refractivity contribution in [2.75, 3.05) is 0 Å². The second-order valence-corrected chi connectivity index (χ2v) is 8.09. The zero-order valence-corrected chi connectivity index (χ0v) is 14.5. The Kier molecular flexibility index (Phi) is 4.99. The van der Waals surface area contributed by atoms with E-state index in [9.17, 15) is 44.3 Å². The zero-order valence-electron chi connectivity index (χ0n) is 13.7. The number of halogens is 7. The number of rotatable bonds is 4. The molecule has 1 aromatic carbocycles. The first-order valence-corrected chi connectivity index (χ1v) is 9.32. The highest BCUT2D eigenvalue weighted by molar-refractivity contribution is 7.91. The smallest absolute Gasteiger partial charge is 0.341 e. The second-order valence-electron chi connectivity index (χ2n) is 6.20. The minimum absolute atomic E-state index is 0.249. The van der Waals surface area contributed by atoms with Gasteiger partial charge in [0.1, 0.15) is 11.9 Å². The van der Waals surface area contributed by atoms with Crippen molar-refractivity contribution in [3.05, 3.63) is 47.0 Å². The average molecular weight is 431 g/mol. The first-order valence-electron chi connectivity index (χ1n) is 7.78. The van der Waals surface area contributed by atoms with Gasteiger partial charge in [0.25, 0.3) is 12.3 Å². The van der Waals surface area contributed by atoms with Gasteiger partial charge in [0.05, 0.1) is 10.5 Å². The van der Waals surface area contributed by atoms with Crippen LogP contribution in [0.1, 0.15) is 35.8 Å². The Hall–Kier alpha value is -2.08. The number of fused-ring (bicyclic) bond motifs is 1. The summed E-state index contributed by atoms with van der Waals surface area (Å²) in [7, 11) is -5.39. The Labute approximate surface area is 154 Å². The molecule has 1 heterocycles. The van der Waals surface area contributed by atoms with E-state index in [2.05, 4.69) is 0 Å². The molecule has 4 nitrogen and oxygen atoms in total. The maximum atomic E-state index is 13.9. The second kappa shape index (κ2) is 6.76. The van der Waals surface area contributed by atoms with Crippen molar-refractivity contribution in [1.82, 2.24) is 4.57 Å². The van der Waals surface area contributed by atoms with Crippen LogP contribution in [0.3, 0.4) is 0 Å². The van der Waals surface area contributed by atoms with Gasteiger partial charge in [-0.2, -0.15) is 8.78 Å². The highest BCUT2D eigenvalue weighted by Crippen LogP contribution is 2.46. The largest absolute Gasteiger partial charge is 0.382 e. The number of aliphatic hydroxyl groups excluding tert-OH is 1. The van der Waals surface area contributed by atoms with Gasteiger partial charge in [0, 0.05) is 29.6 Å². The standard InChI is InChI=1S/C16H12F7NO3S/c17-9-2-1-7(5-8(9)14(18)19)24-6-11(28(26,27)15(20)21)12-10(24)3-4-16(22,23)13(12)25/h1-2,5-6,13-15,25H,3-4H2/t13-/m0/s1. The number of hydrogen-bond acceptors (Lipinski definition) is 3. The molecular weight excluding hydrogens is 419 g/mol. The molecule has 0 bridgehead atoms. The molecule has 1 aromatic heterocycles. The lowest BCUT2D eigenvalue weighted by molar-refractivity contribution is -0.123. The number of nitrogens with zero attached hydrogens (tertiary/aromatic N) is 1. The maximum absolute atomic E-state index is 13.9. The Balaban J connectivity index is 2.30. The molecule has 12 heteroatoms. The van der Waals surface area contributed by atoms with Gasteiger partial charge < -0.3 is 9.67 Å². The Bertz CT molecular complexity index is 1020. The van der Waals surface area contributed by atoms with Crippen LogP contribution < -0.4 is 0 Å². The van der Waals surface area contributed by atoms with Crippen LogP contribution in [-0.4, -0.2) is 29.8 Å². The zero-order chi connectivity index (χ0) is 21.0. The third kappa shape index (κ3) is 3.17. The summed E-state index contributed by atoms with van der Waals surface area (Å²) < 4.78 is 118. The minimum atomic E-state index is -5.39. The van der Waals surface area contributed by atoms with E-state index in [1.54, 1.807) is 0 Å². The first kappa shape index (κ1) is 20.6. The highest BCUT2D eigenvalue weighted by atomic mass is 32.2. The highest BCUT2D eigenvalue weighted by Gasteiger charge is 2.49. The molecule has 0 amide bonds. The van der Waals surface area contributed by atoms with Crippen molar-refractivity contribution in [1.29, 1.82) is 0 Å². The molecular formula is C16H12F7NO3S. The summed E-state index contributed by atoms with van der Waals surface area (Å²) in [5.41, 5.74) is -2.47. The van der Waals surface area contributed by atoms with E-state index >= 15 is 0 Å². The Morgan fingerprint density at radius 1 is 1.18 bits per heavy atom. The molecule has 0 spiro atoms. The molecule has 1 aliphatic carbocycles. The van der Waals surface area contributed by atoms with E-state index in [1.807, 2.05) is 0 Å². The van der Waals surface area contributed by atoms with Gasteiger partial charge in [0.15, 0.2) is 0 Å². The lowest BCUT2D eigenvalue weighted by Gasteiger charge is -2.29. The van der Waals surface area contributed by atoms with Crippen molar-refractivity contribution < 1.29 is 44.3 Å². The van der Waals surface area contributed by atoms with Crippen LogP contribution in [0.2, 0.25) is 0 Å². The summed E-state index contributed by atoms with van der Waals surface area (Å²) >= 11 is 0. The number of alkyl halides is 6. The van der Waals surface area contributed by atoms with Crippen LogP contribution in [0.4, 0.5) is 30.7 Å². The van der Waals surface area contributed by atoms with E-state index in [0.717, 1.165) is 10.6 Å². The predicted molar refractivity (Wildman–Crippen MR) is 82.1 cm³/mol. The molecule has 1 atom stereocenters. The number of hydrogen-bond donors (Lipinski definition) is 1. The Morgan fingerprint density at radius 2 is 1.82 bits per heavy atom. The summed E-state index contributed by atoms with van der Waals surface area (Å²) in [6, 6.07) is 2.26. The topological polar surface area (TPSA) is 59.3 Å². The molecule has 0 radical (unpaired) electrons. The number of sulfone groups is 1. The van der Waals surface area contributed by atoms with Gasteiger partial charge in [-0.05, 0) is 24.6 Å². The van der Waals surface area contributed by atoms with Crippen molar-refractivity contribution in [3.63, 3.8) is 0 Å². The van der Waals surface area contributed by atoms with Crippen LogP contribution in [0, 0.1) is 5.82 Å². The van der Waals surface area contributed by atoms with Gasteiger partial charge in [-0.15, -0.1) is 0 Å². The third-order valence-corrected chi connectivity index (χ3v) is 5.92. The molecule has 1 N–H and O–H groups in total. The van der Waals surface area contributed by atoms with E-state index in [-0.39, 0.29) is 11.4 Å². The molecule has 2 aromatic rings. The van der Waals surface area contributed by atoms with Crippen molar-refractivity contribution in [2.24, 2.45) is 0 Å². The van der Waals surface area contributed by atoms with Gasteiger partial charge >= 0.3 is 5.76 Å². The summed E-state index contributed by atoms with van der Waals surface area (Å²) in [6.45, 7) is 0. The molecule has 0 saturated carbocycles. The average Bonchev–Trinajstić information content (AvgIpc) is 2.99. The van der Waals surface area contributed by atoms with Gasteiger partial charge in [-0.25, -0.2) is 30.4 Å². The molecule has 0 unspecified atom stereocenters. The fourth-order valence-electron chi connectivity index (χ4n) is 3.12. The lowest BCUT2D eigenvalue weighted by Crippen LogP contribution is -2.33. The van der Waals surface area contributed by atoms with Crippen molar-refractivity contribution >= 4 is 9.84 Å². The maximum Gasteiger partial charge on any atom is 0.341 e. The normalized spacial score (nSPS) is 19.3. The molecule has 0 saturated heterocycles. The summed E-state index contributed by atoms with van der Waals surface area (Å²) in [5, 5.41) is 9.91. The van der Waals surface area contributed by atoms with E-state index < -0.39 is 68.7 Å². The summed E-state index contributed by atoms with van der Waals surface area (Å²) in [4.78, 5) is -1.23. The van der Waals surface area contributed by atoms with Crippen molar-refractivity contribution in [2.45, 2.75) is 41.9 Å². The minimum Gasteiger partial charge on any atom is -0.382 e. The molecule has 1 aliphatic rings. The fourth-order valence-corrected chi connectivity index (χ4v) is 4.10. The Morgan fingerprint density at radius 3 is 2.39 bits per heavy atom. The summed E-state index contributed by atoms with van der Waals surface area (Å²) in [5.74, 6) is -8.99.